The zero-order valence-corrected chi connectivity index (χ0v) is 13.2. The number of nitrogens with zero attached hydrogens (tertiary/aromatic N) is 4. The molecule has 0 unspecified atom stereocenters. The minimum absolute atomic E-state index is 0.0147. The van der Waals surface area contributed by atoms with Crippen LogP contribution in [-0.2, 0) is 10.9 Å². The van der Waals surface area contributed by atoms with E-state index in [9.17, 15) is 24.3 Å². The van der Waals surface area contributed by atoms with E-state index in [-0.39, 0.29) is 22.4 Å². The Hall–Kier alpha value is -3.08. The Balaban J connectivity index is 2.44. The lowest BCUT2D eigenvalue weighted by molar-refractivity contribution is -0.384. The van der Waals surface area contributed by atoms with Crippen LogP contribution in [0.5, 0.6) is 0 Å². The van der Waals surface area contributed by atoms with Crippen LogP contribution < -0.4 is 11.1 Å². The predicted molar refractivity (Wildman–Crippen MR) is 84.6 cm³/mol. The van der Waals surface area contributed by atoms with Gasteiger partial charge in [0.25, 0.3) is 5.69 Å². The van der Waals surface area contributed by atoms with Crippen LogP contribution in [0.3, 0.4) is 0 Å². The van der Waals surface area contributed by atoms with Gasteiger partial charge in [-0.15, -0.1) is 0 Å². The standard InChI is InChI=1S/C12H10N5O7P/c18-11-12(19)16(6-25(22,23)24)8-4-9(15-2-1-13-5-15)10(17(20)21)3-7(8)14-11/h1-5H,6H2,(H,14,18)(H2,22,23,24). The highest BCUT2D eigenvalue weighted by molar-refractivity contribution is 7.50. The summed E-state index contributed by atoms with van der Waals surface area (Å²) >= 11 is 0. The second-order valence-electron chi connectivity index (χ2n) is 5.08. The van der Waals surface area contributed by atoms with Gasteiger partial charge in [-0.3, -0.25) is 28.8 Å². The van der Waals surface area contributed by atoms with Crippen molar-refractivity contribution in [1.29, 1.82) is 0 Å². The summed E-state index contributed by atoms with van der Waals surface area (Å²) in [7, 11) is -4.69. The van der Waals surface area contributed by atoms with Crippen molar-refractivity contribution in [1.82, 2.24) is 19.1 Å². The molecule has 0 aliphatic heterocycles. The molecular weight excluding hydrogens is 357 g/mol. The summed E-state index contributed by atoms with van der Waals surface area (Å²) in [6, 6.07) is 2.20. The number of hydrogen-bond donors (Lipinski definition) is 3. The van der Waals surface area contributed by atoms with E-state index in [1.807, 2.05) is 0 Å². The Morgan fingerprint density at radius 1 is 1.32 bits per heavy atom. The number of H-pyrrole nitrogens is 1. The highest BCUT2D eigenvalue weighted by Gasteiger charge is 2.23. The quantitative estimate of drug-likeness (QED) is 0.248. The lowest BCUT2D eigenvalue weighted by Gasteiger charge is -2.12. The molecule has 0 fully saturated rings. The van der Waals surface area contributed by atoms with Crippen LogP contribution in [0.4, 0.5) is 5.69 Å². The SMILES string of the molecule is O=c1[nH]c2cc([N+](=O)[O-])c(-n3ccnc3)cc2n(CP(=O)(O)O)c1=O. The van der Waals surface area contributed by atoms with Gasteiger partial charge in [0.2, 0.25) is 0 Å². The summed E-state index contributed by atoms with van der Waals surface area (Å²) in [5.41, 5.74) is -2.87. The lowest BCUT2D eigenvalue weighted by atomic mass is 10.2. The zero-order chi connectivity index (χ0) is 18.4. The third-order valence-corrected chi connectivity index (χ3v) is 4.03. The van der Waals surface area contributed by atoms with E-state index in [1.54, 1.807) is 0 Å². The van der Waals surface area contributed by atoms with Crippen LogP contribution in [0.2, 0.25) is 0 Å². The van der Waals surface area contributed by atoms with Crippen LogP contribution >= 0.6 is 7.60 Å². The van der Waals surface area contributed by atoms with E-state index in [4.69, 9.17) is 9.79 Å². The third kappa shape index (κ3) is 3.13. The zero-order valence-electron chi connectivity index (χ0n) is 12.3. The average Bonchev–Trinajstić information content (AvgIpc) is 3.03. The Morgan fingerprint density at radius 3 is 2.60 bits per heavy atom. The molecule has 3 N–H and O–H groups in total. The first-order valence-electron chi connectivity index (χ1n) is 6.65. The number of aromatic nitrogens is 4. The van der Waals surface area contributed by atoms with Gasteiger partial charge in [0.05, 0.1) is 22.3 Å². The molecule has 0 spiro atoms. The van der Waals surface area contributed by atoms with Crippen molar-refractivity contribution in [2.24, 2.45) is 0 Å². The van der Waals surface area contributed by atoms with Gasteiger partial charge in [-0.1, -0.05) is 0 Å². The highest BCUT2D eigenvalue weighted by Crippen LogP contribution is 2.37. The fraction of sp³-hybridized carbons (Fsp3) is 0.0833. The number of imidazole rings is 1. The van der Waals surface area contributed by atoms with Crippen LogP contribution in [0.15, 0.2) is 40.4 Å². The molecule has 2 aromatic heterocycles. The van der Waals surface area contributed by atoms with Crippen LogP contribution in [0, 0.1) is 10.1 Å². The van der Waals surface area contributed by atoms with Crippen molar-refractivity contribution < 1.29 is 19.3 Å². The Kier molecular flexibility index (Phi) is 3.87. The molecule has 0 amide bonds. The summed E-state index contributed by atoms with van der Waals surface area (Å²) in [5.74, 6) is 0. The largest absolute Gasteiger partial charge is 0.345 e. The smallest absolute Gasteiger partial charge is 0.323 e. The number of fused-ring (bicyclic) bond motifs is 1. The van der Waals surface area contributed by atoms with E-state index in [0.717, 1.165) is 6.07 Å². The molecular formula is C12H10N5O7P. The second kappa shape index (κ2) is 5.77. The Bertz CT molecular complexity index is 1140. The predicted octanol–water partition coefficient (Wildman–Crippen LogP) is -0.0811. The molecule has 12 nitrogen and oxygen atoms in total. The molecule has 25 heavy (non-hydrogen) atoms. The molecule has 0 saturated heterocycles. The first kappa shape index (κ1) is 16.8. The molecule has 13 heteroatoms. The molecule has 0 aliphatic rings. The first-order valence-corrected chi connectivity index (χ1v) is 8.45. The number of rotatable bonds is 4. The van der Waals surface area contributed by atoms with E-state index in [2.05, 4.69) is 9.97 Å². The number of hydrogen-bond acceptors (Lipinski definition) is 6. The summed E-state index contributed by atoms with van der Waals surface area (Å²) in [4.78, 5) is 58.6. The summed E-state index contributed by atoms with van der Waals surface area (Å²) < 4.78 is 13.2. The fourth-order valence-electron chi connectivity index (χ4n) is 2.38. The maximum Gasteiger partial charge on any atom is 0.345 e. The third-order valence-electron chi connectivity index (χ3n) is 3.38. The summed E-state index contributed by atoms with van der Waals surface area (Å²) in [6.07, 6.45) is 3.05. The van der Waals surface area contributed by atoms with Crippen LogP contribution in [0.25, 0.3) is 16.7 Å². The molecule has 0 atom stereocenters. The van der Waals surface area contributed by atoms with Crippen molar-refractivity contribution in [3.8, 4) is 5.69 Å². The highest BCUT2D eigenvalue weighted by atomic mass is 31.2. The van der Waals surface area contributed by atoms with Gasteiger partial charge in [0.1, 0.15) is 12.0 Å². The topological polar surface area (TPSA) is 173 Å². The number of aromatic amines is 1. The Morgan fingerprint density at radius 2 is 2.04 bits per heavy atom. The molecule has 3 rings (SSSR count). The monoisotopic (exact) mass is 367 g/mol. The van der Waals surface area contributed by atoms with Gasteiger partial charge in [-0.2, -0.15) is 0 Å². The van der Waals surface area contributed by atoms with Crippen LogP contribution in [-0.4, -0.2) is 33.8 Å². The molecule has 2 heterocycles. The van der Waals surface area contributed by atoms with Crippen molar-refractivity contribution in [3.05, 3.63) is 61.7 Å². The van der Waals surface area contributed by atoms with E-state index in [1.165, 1.54) is 29.4 Å². The van der Waals surface area contributed by atoms with Crippen molar-refractivity contribution in [3.63, 3.8) is 0 Å². The Labute approximate surface area is 137 Å². The first-order chi connectivity index (χ1) is 11.7. The average molecular weight is 367 g/mol. The molecule has 1 aromatic carbocycles. The van der Waals surface area contributed by atoms with Gasteiger partial charge < -0.3 is 19.3 Å². The van der Waals surface area contributed by atoms with E-state index >= 15 is 0 Å². The number of nitro benzene ring substituents is 1. The van der Waals surface area contributed by atoms with E-state index < -0.39 is 29.9 Å². The summed E-state index contributed by atoms with van der Waals surface area (Å²) in [6.45, 7) is 0. The van der Waals surface area contributed by atoms with E-state index in [0.29, 0.717) is 4.57 Å². The number of nitro groups is 1. The second-order valence-corrected chi connectivity index (χ2v) is 6.69. The molecule has 130 valence electrons. The molecule has 0 aliphatic carbocycles. The van der Waals surface area contributed by atoms with Crippen molar-refractivity contribution >= 4 is 24.3 Å². The normalized spacial score (nSPS) is 11.8. The van der Waals surface area contributed by atoms with Gasteiger partial charge in [-0.05, 0) is 6.07 Å². The summed E-state index contributed by atoms with van der Waals surface area (Å²) in [5, 5.41) is 11.3. The fourth-order valence-corrected chi connectivity index (χ4v) is 3.03. The van der Waals surface area contributed by atoms with Crippen molar-refractivity contribution in [2.45, 2.75) is 6.29 Å². The van der Waals surface area contributed by atoms with Crippen molar-refractivity contribution in [2.75, 3.05) is 0 Å². The van der Waals surface area contributed by atoms with Gasteiger partial charge in [0, 0.05) is 18.5 Å². The molecule has 3 aromatic rings. The minimum atomic E-state index is -4.69. The van der Waals surface area contributed by atoms with Crippen LogP contribution in [0.1, 0.15) is 0 Å². The lowest BCUT2D eigenvalue weighted by Crippen LogP contribution is -2.36. The minimum Gasteiger partial charge on any atom is -0.323 e. The molecule has 0 radical (unpaired) electrons. The molecule has 0 bridgehead atoms. The maximum absolute atomic E-state index is 12.0. The van der Waals surface area contributed by atoms with Gasteiger partial charge in [-0.25, -0.2) is 4.98 Å². The molecule has 0 saturated carbocycles. The number of benzene rings is 1. The number of nitrogens with one attached hydrogen (secondary N) is 1. The van der Waals surface area contributed by atoms with Gasteiger partial charge >= 0.3 is 18.7 Å². The van der Waals surface area contributed by atoms with Gasteiger partial charge in [0.15, 0.2) is 0 Å². The maximum atomic E-state index is 12.0.